The number of methoxy groups -OCH3 is 2. The Hall–Kier alpha value is -4.05. The molecule has 2 aromatic carbocycles. The summed E-state index contributed by atoms with van der Waals surface area (Å²) in [6, 6.07) is 18.0. The Morgan fingerprint density at radius 3 is 2.62 bits per heavy atom. The summed E-state index contributed by atoms with van der Waals surface area (Å²) in [6.07, 6.45) is 1.56. The van der Waals surface area contributed by atoms with Gasteiger partial charge in [-0.2, -0.15) is 5.26 Å². The fraction of sp³-hybridized carbons (Fsp3) is 0.136. The molecule has 3 aromatic rings. The van der Waals surface area contributed by atoms with Crippen molar-refractivity contribution >= 4 is 17.3 Å². The van der Waals surface area contributed by atoms with Gasteiger partial charge in [-0.25, -0.2) is 0 Å². The van der Waals surface area contributed by atoms with Crippen molar-refractivity contribution in [1.29, 1.82) is 5.26 Å². The van der Waals surface area contributed by atoms with Crippen LogP contribution in [0.4, 0.5) is 11.4 Å². The van der Waals surface area contributed by atoms with Crippen molar-refractivity contribution < 1.29 is 14.3 Å². The van der Waals surface area contributed by atoms with Crippen LogP contribution >= 0.6 is 0 Å². The molecule has 29 heavy (non-hydrogen) atoms. The van der Waals surface area contributed by atoms with E-state index in [9.17, 15) is 4.79 Å². The van der Waals surface area contributed by atoms with Crippen LogP contribution in [0, 0.1) is 11.3 Å². The minimum atomic E-state index is -0.387. The van der Waals surface area contributed by atoms with Crippen LogP contribution in [0.5, 0.6) is 11.5 Å². The first-order chi connectivity index (χ1) is 14.1. The van der Waals surface area contributed by atoms with Gasteiger partial charge in [0.15, 0.2) is 11.5 Å². The lowest BCUT2D eigenvalue weighted by Crippen LogP contribution is -2.15. The fourth-order valence-electron chi connectivity index (χ4n) is 2.74. The molecular formula is C22H20N4O3. The van der Waals surface area contributed by atoms with Gasteiger partial charge >= 0.3 is 0 Å². The minimum absolute atomic E-state index is 0.245. The Morgan fingerprint density at radius 1 is 1.07 bits per heavy atom. The van der Waals surface area contributed by atoms with Gasteiger partial charge in [0.25, 0.3) is 5.91 Å². The fourth-order valence-corrected chi connectivity index (χ4v) is 2.74. The quantitative estimate of drug-likeness (QED) is 0.638. The molecule has 2 N–H and O–H groups in total. The average molecular weight is 388 g/mol. The molecule has 0 aliphatic heterocycles. The SMILES string of the molecule is COc1ccc(CNc2ccnc(C(=O)Nc3ccccc3C#N)c2)cc1OC. The second-order valence-corrected chi connectivity index (χ2v) is 6.08. The summed E-state index contributed by atoms with van der Waals surface area (Å²) in [4.78, 5) is 16.6. The molecule has 0 fully saturated rings. The van der Waals surface area contributed by atoms with Gasteiger partial charge in [-0.05, 0) is 42.0 Å². The number of nitrogens with one attached hydrogen (secondary N) is 2. The summed E-state index contributed by atoms with van der Waals surface area (Å²) in [5, 5.41) is 15.1. The predicted molar refractivity (Wildman–Crippen MR) is 110 cm³/mol. The van der Waals surface area contributed by atoms with Crippen LogP contribution in [0.25, 0.3) is 0 Å². The van der Waals surface area contributed by atoms with Crippen LogP contribution in [-0.2, 0) is 6.54 Å². The lowest BCUT2D eigenvalue weighted by Gasteiger charge is -2.11. The zero-order chi connectivity index (χ0) is 20.6. The molecule has 0 aliphatic rings. The molecular weight excluding hydrogens is 368 g/mol. The zero-order valence-electron chi connectivity index (χ0n) is 16.1. The molecule has 0 bridgehead atoms. The van der Waals surface area contributed by atoms with Crippen LogP contribution in [0.15, 0.2) is 60.8 Å². The second kappa shape index (κ2) is 9.24. The Balaban J connectivity index is 1.69. The third-order valence-electron chi connectivity index (χ3n) is 4.23. The largest absolute Gasteiger partial charge is 0.493 e. The zero-order valence-corrected chi connectivity index (χ0v) is 16.1. The number of rotatable bonds is 7. The van der Waals surface area contributed by atoms with Gasteiger partial charge in [0.05, 0.1) is 25.5 Å². The number of benzene rings is 2. The van der Waals surface area contributed by atoms with E-state index in [0.29, 0.717) is 29.3 Å². The summed E-state index contributed by atoms with van der Waals surface area (Å²) in [6.45, 7) is 0.530. The van der Waals surface area contributed by atoms with E-state index in [4.69, 9.17) is 14.7 Å². The van der Waals surface area contributed by atoms with Gasteiger partial charge in [-0.15, -0.1) is 0 Å². The van der Waals surface area contributed by atoms with E-state index in [0.717, 1.165) is 11.3 Å². The van der Waals surface area contributed by atoms with Crippen molar-refractivity contribution in [2.75, 3.05) is 24.9 Å². The molecule has 0 radical (unpaired) electrons. The molecule has 1 amide bonds. The topological polar surface area (TPSA) is 96.3 Å². The lowest BCUT2D eigenvalue weighted by molar-refractivity contribution is 0.102. The van der Waals surface area contributed by atoms with Gasteiger partial charge in [0.2, 0.25) is 0 Å². The highest BCUT2D eigenvalue weighted by molar-refractivity contribution is 6.04. The molecule has 0 spiro atoms. The van der Waals surface area contributed by atoms with E-state index >= 15 is 0 Å². The van der Waals surface area contributed by atoms with E-state index in [2.05, 4.69) is 21.7 Å². The number of ether oxygens (including phenoxy) is 2. The number of aromatic nitrogens is 1. The number of nitrogens with zero attached hydrogens (tertiary/aromatic N) is 2. The summed E-state index contributed by atoms with van der Waals surface area (Å²) < 4.78 is 10.6. The number of hydrogen-bond donors (Lipinski definition) is 2. The van der Waals surface area contributed by atoms with Crippen molar-refractivity contribution in [3.63, 3.8) is 0 Å². The summed E-state index contributed by atoms with van der Waals surface area (Å²) in [5.41, 5.74) is 2.83. The Kier molecular flexibility index (Phi) is 6.28. The Labute approximate surface area is 168 Å². The third-order valence-corrected chi connectivity index (χ3v) is 4.23. The van der Waals surface area contributed by atoms with Gasteiger partial charge in [-0.3, -0.25) is 9.78 Å². The van der Waals surface area contributed by atoms with Crippen molar-refractivity contribution in [1.82, 2.24) is 4.98 Å². The van der Waals surface area contributed by atoms with Gasteiger partial charge in [0.1, 0.15) is 11.8 Å². The maximum atomic E-state index is 12.5. The number of hydrogen-bond acceptors (Lipinski definition) is 6. The molecule has 7 heteroatoms. The standard InChI is InChI=1S/C22H20N4O3/c1-28-20-8-7-15(11-21(20)29-2)14-25-17-9-10-24-19(12-17)22(27)26-18-6-4-3-5-16(18)13-23/h3-12H,14H2,1-2H3,(H,24,25)(H,26,27). The maximum Gasteiger partial charge on any atom is 0.274 e. The molecule has 0 saturated heterocycles. The number of amides is 1. The van der Waals surface area contributed by atoms with Gasteiger partial charge < -0.3 is 20.1 Å². The van der Waals surface area contributed by atoms with Gasteiger partial charge in [0, 0.05) is 18.4 Å². The molecule has 0 atom stereocenters. The number of anilines is 2. The van der Waals surface area contributed by atoms with E-state index in [1.54, 1.807) is 56.8 Å². The van der Waals surface area contributed by atoms with Crippen LogP contribution in [0.2, 0.25) is 0 Å². The van der Waals surface area contributed by atoms with Crippen LogP contribution in [0.1, 0.15) is 21.6 Å². The number of pyridine rings is 1. The maximum absolute atomic E-state index is 12.5. The van der Waals surface area contributed by atoms with Crippen molar-refractivity contribution in [3.8, 4) is 17.6 Å². The second-order valence-electron chi connectivity index (χ2n) is 6.08. The molecule has 3 rings (SSSR count). The molecule has 146 valence electrons. The Bertz CT molecular complexity index is 1060. The molecule has 0 aliphatic carbocycles. The number of carbonyl (C=O) groups excluding carboxylic acids is 1. The van der Waals surface area contributed by atoms with E-state index < -0.39 is 0 Å². The highest BCUT2D eigenvalue weighted by Crippen LogP contribution is 2.27. The van der Waals surface area contributed by atoms with E-state index in [1.807, 2.05) is 18.2 Å². The van der Waals surface area contributed by atoms with Gasteiger partial charge in [-0.1, -0.05) is 18.2 Å². The van der Waals surface area contributed by atoms with Crippen molar-refractivity contribution in [3.05, 3.63) is 77.6 Å². The lowest BCUT2D eigenvalue weighted by atomic mass is 10.2. The van der Waals surface area contributed by atoms with E-state index in [-0.39, 0.29) is 11.6 Å². The van der Waals surface area contributed by atoms with Crippen molar-refractivity contribution in [2.24, 2.45) is 0 Å². The smallest absolute Gasteiger partial charge is 0.274 e. The van der Waals surface area contributed by atoms with E-state index in [1.165, 1.54) is 0 Å². The average Bonchev–Trinajstić information content (AvgIpc) is 2.78. The summed E-state index contributed by atoms with van der Waals surface area (Å²) in [7, 11) is 3.18. The molecule has 1 aromatic heterocycles. The molecule has 0 saturated carbocycles. The first-order valence-corrected chi connectivity index (χ1v) is 8.86. The minimum Gasteiger partial charge on any atom is -0.493 e. The number of carbonyl (C=O) groups is 1. The number of nitriles is 1. The highest BCUT2D eigenvalue weighted by Gasteiger charge is 2.11. The van der Waals surface area contributed by atoms with Crippen molar-refractivity contribution in [2.45, 2.75) is 6.54 Å². The molecule has 7 nitrogen and oxygen atoms in total. The highest BCUT2D eigenvalue weighted by atomic mass is 16.5. The summed E-state index contributed by atoms with van der Waals surface area (Å²) >= 11 is 0. The predicted octanol–water partition coefficient (Wildman–Crippen LogP) is 3.83. The summed E-state index contributed by atoms with van der Waals surface area (Å²) in [5.74, 6) is 0.928. The van der Waals surface area contributed by atoms with Crippen LogP contribution < -0.4 is 20.1 Å². The third kappa shape index (κ3) is 4.82. The number of para-hydroxylation sites is 1. The monoisotopic (exact) mass is 388 g/mol. The molecule has 1 heterocycles. The first-order valence-electron chi connectivity index (χ1n) is 8.86. The van der Waals surface area contributed by atoms with Crippen LogP contribution in [-0.4, -0.2) is 25.1 Å². The first kappa shape index (κ1) is 19.7. The normalized spacial score (nSPS) is 9.97. The Morgan fingerprint density at radius 2 is 1.86 bits per heavy atom. The molecule has 0 unspecified atom stereocenters. The van der Waals surface area contributed by atoms with Crippen LogP contribution in [0.3, 0.4) is 0 Å².